The maximum absolute atomic E-state index is 12.3. The molecule has 5 heteroatoms. The first-order valence-corrected chi connectivity index (χ1v) is 12.2. The summed E-state index contributed by atoms with van der Waals surface area (Å²) >= 11 is 0. The summed E-state index contributed by atoms with van der Waals surface area (Å²) in [7, 11) is 0. The fraction of sp³-hybridized carbons (Fsp3) is 0.731. The molecule has 1 saturated heterocycles. The van der Waals surface area contributed by atoms with Crippen LogP contribution in [0.4, 0.5) is 4.79 Å². The summed E-state index contributed by atoms with van der Waals surface area (Å²) in [5.74, 6) is 3.66. The monoisotopic (exact) mass is 425 g/mol. The van der Waals surface area contributed by atoms with E-state index in [0.717, 1.165) is 37.5 Å². The van der Waals surface area contributed by atoms with Crippen LogP contribution in [0.1, 0.15) is 78.6 Å². The largest absolute Gasteiger partial charge is 0.443 e. The number of likely N-dealkylation sites (tertiary alicyclic amines) is 1. The molecule has 0 aromatic heterocycles. The highest BCUT2D eigenvalue weighted by atomic mass is 16.6. The van der Waals surface area contributed by atoms with Gasteiger partial charge in [0.25, 0.3) is 0 Å². The number of Topliss-reactive ketones (excluding diaryl/α,β-unsaturated/α-hetero) is 1. The second-order valence-electron chi connectivity index (χ2n) is 11.4. The Hall–Kier alpha value is -1.91. The topological polar surface area (TPSA) is 63.7 Å². The lowest BCUT2D eigenvalue weighted by Crippen LogP contribution is -2.43. The Kier molecular flexibility index (Phi) is 5.14. The lowest BCUT2D eigenvalue weighted by Gasteiger charge is -2.27. The van der Waals surface area contributed by atoms with E-state index in [9.17, 15) is 14.4 Å². The minimum absolute atomic E-state index is 0.0187. The second kappa shape index (κ2) is 7.60. The molecule has 0 aromatic carbocycles. The summed E-state index contributed by atoms with van der Waals surface area (Å²) in [6.07, 6.45) is 13.7. The first-order valence-electron chi connectivity index (χ1n) is 12.2. The minimum Gasteiger partial charge on any atom is -0.443 e. The third-order valence-electron chi connectivity index (χ3n) is 8.20. The number of rotatable bonds is 0. The fourth-order valence-corrected chi connectivity index (χ4v) is 7.15. The number of ketones is 1. The van der Waals surface area contributed by atoms with Gasteiger partial charge < -0.3 is 4.74 Å². The van der Waals surface area contributed by atoms with Crippen LogP contribution in [-0.4, -0.2) is 34.3 Å². The van der Waals surface area contributed by atoms with Crippen LogP contribution in [0, 0.1) is 29.6 Å². The molecule has 0 spiro atoms. The van der Waals surface area contributed by atoms with Crippen molar-refractivity contribution in [1.29, 1.82) is 0 Å². The molecule has 6 rings (SSSR count). The van der Waals surface area contributed by atoms with Crippen LogP contribution < -0.4 is 0 Å². The zero-order valence-corrected chi connectivity index (χ0v) is 19.1. The number of carbonyl (C=O) groups excluding carboxylic acids is 3. The van der Waals surface area contributed by atoms with Crippen molar-refractivity contribution in [2.75, 3.05) is 0 Å². The van der Waals surface area contributed by atoms with E-state index in [1.54, 1.807) is 5.57 Å². The number of allylic oxidation sites excluding steroid dienone is 3. The SMILES string of the molecule is CC(C)(C)OC(=O)N1C(=O)C[C@H]2C[C@@H]3CCC=C3[C@H]21.O=C1C[C@H]2C[C@@H]3CCC=C3[C@H]2C1. The molecule has 2 amide bonds. The zero-order chi connectivity index (χ0) is 21.9. The molecule has 0 bridgehead atoms. The minimum atomic E-state index is -0.558. The van der Waals surface area contributed by atoms with E-state index in [2.05, 4.69) is 12.2 Å². The Balaban J connectivity index is 0.000000145. The molecule has 6 aliphatic rings. The molecule has 0 unspecified atom stereocenters. The van der Waals surface area contributed by atoms with Crippen molar-refractivity contribution in [2.45, 2.75) is 90.2 Å². The highest BCUT2D eigenvalue weighted by molar-refractivity contribution is 5.95. The molecule has 0 N–H and O–H groups in total. The quantitative estimate of drug-likeness (QED) is 0.500. The molecule has 168 valence electrons. The van der Waals surface area contributed by atoms with Gasteiger partial charge in [0.05, 0.1) is 6.04 Å². The summed E-state index contributed by atoms with van der Waals surface area (Å²) in [6, 6.07) is -0.0187. The molecule has 5 aliphatic carbocycles. The Morgan fingerprint density at radius 2 is 1.58 bits per heavy atom. The standard InChI is InChI=1S/C15H21NO3.C11H14O/c1-15(2,3)19-14(18)16-12(17)8-10-7-9-5-4-6-11(9)13(10)16;12-9-5-8-4-7-2-1-3-10(7)11(8)6-9/h6,9-10,13H,4-5,7-8H2,1-3H3;3,7-8,11H,1-2,4-6H2/t9-,10+,13-;7-,8+,11-/m00/s1. The Morgan fingerprint density at radius 3 is 2.29 bits per heavy atom. The van der Waals surface area contributed by atoms with Crippen molar-refractivity contribution in [3.63, 3.8) is 0 Å². The Bertz CT molecular complexity index is 863. The molecule has 0 radical (unpaired) electrons. The third kappa shape index (κ3) is 3.78. The van der Waals surface area contributed by atoms with Crippen LogP contribution in [-0.2, 0) is 14.3 Å². The van der Waals surface area contributed by atoms with Gasteiger partial charge in [-0.25, -0.2) is 9.69 Å². The lowest BCUT2D eigenvalue weighted by molar-refractivity contribution is -0.128. The van der Waals surface area contributed by atoms with Crippen LogP contribution in [0.15, 0.2) is 23.3 Å². The average molecular weight is 426 g/mol. The van der Waals surface area contributed by atoms with E-state index in [-0.39, 0.29) is 11.9 Å². The van der Waals surface area contributed by atoms with Gasteiger partial charge in [0, 0.05) is 19.3 Å². The molecule has 5 nitrogen and oxygen atoms in total. The number of hydrogen-bond acceptors (Lipinski definition) is 4. The summed E-state index contributed by atoms with van der Waals surface area (Å²) in [4.78, 5) is 37.0. The highest BCUT2D eigenvalue weighted by Crippen LogP contribution is 2.53. The van der Waals surface area contributed by atoms with Crippen molar-refractivity contribution in [1.82, 2.24) is 4.90 Å². The highest BCUT2D eigenvalue weighted by Gasteiger charge is 2.53. The zero-order valence-electron chi connectivity index (χ0n) is 19.1. The van der Waals surface area contributed by atoms with E-state index >= 15 is 0 Å². The average Bonchev–Trinajstić information content (AvgIpc) is 3.42. The summed E-state index contributed by atoms with van der Waals surface area (Å²) in [5.41, 5.74) is 2.41. The van der Waals surface area contributed by atoms with Crippen LogP contribution in [0.3, 0.4) is 0 Å². The van der Waals surface area contributed by atoms with Crippen molar-refractivity contribution >= 4 is 17.8 Å². The van der Waals surface area contributed by atoms with Crippen LogP contribution in [0.2, 0.25) is 0 Å². The number of ether oxygens (including phenoxy) is 1. The van der Waals surface area contributed by atoms with Crippen molar-refractivity contribution in [2.24, 2.45) is 29.6 Å². The molecule has 6 atom stereocenters. The number of amides is 2. The molecule has 0 aromatic rings. The van der Waals surface area contributed by atoms with E-state index < -0.39 is 11.7 Å². The number of hydrogen-bond donors (Lipinski definition) is 0. The van der Waals surface area contributed by atoms with E-state index in [1.807, 2.05) is 20.8 Å². The third-order valence-corrected chi connectivity index (χ3v) is 8.20. The van der Waals surface area contributed by atoms with Gasteiger partial charge in [0.1, 0.15) is 11.4 Å². The molecule has 1 aliphatic heterocycles. The summed E-state index contributed by atoms with van der Waals surface area (Å²) in [5, 5.41) is 0. The number of imide groups is 1. The van der Waals surface area contributed by atoms with Crippen LogP contribution in [0.5, 0.6) is 0 Å². The van der Waals surface area contributed by atoms with Gasteiger partial charge in [0.15, 0.2) is 0 Å². The van der Waals surface area contributed by atoms with Crippen molar-refractivity contribution in [3.05, 3.63) is 23.3 Å². The molecular weight excluding hydrogens is 390 g/mol. The fourth-order valence-electron chi connectivity index (χ4n) is 7.15. The summed E-state index contributed by atoms with van der Waals surface area (Å²) in [6.45, 7) is 5.49. The van der Waals surface area contributed by atoms with Gasteiger partial charge in [-0.1, -0.05) is 17.7 Å². The first-order chi connectivity index (χ1) is 14.7. The summed E-state index contributed by atoms with van der Waals surface area (Å²) < 4.78 is 5.39. The maximum atomic E-state index is 12.3. The van der Waals surface area contributed by atoms with E-state index in [0.29, 0.717) is 30.0 Å². The predicted molar refractivity (Wildman–Crippen MR) is 117 cm³/mol. The predicted octanol–water partition coefficient (Wildman–Crippen LogP) is 5.20. The molecular formula is C26H35NO4. The van der Waals surface area contributed by atoms with E-state index in [4.69, 9.17) is 4.74 Å². The van der Waals surface area contributed by atoms with Gasteiger partial charge in [0.2, 0.25) is 5.91 Å². The van der Waals surface area contributed by atoms with Crippen LogP contribution in [0.25, 0.3) is 0 Å². The first kappa shape index (κ1) is 21.0. The Labute approximate surface area is 185 Å². The van der Waals surface area contributed by atoms with Gasteiger partial charge >= 0.3 is 6.09 Å². The van der Waals surface area contributed by atoms with Crippen molar-refractivity contribution in [3.8, 4) is 0 Å². The van der Waals surface area contributed by atoms with Gasteiger partial charge in [-0.15, -0.1) is 0 Å². The molecule has 3 saturated carbocycles. The molecule has 1 heterocycles. The number of fused-ring (bicyclic) bond motifs is 6. The normalized spacial score (nSPS) is 37.6. The van der Waals surface area contributed by atoms with E-state index in [1.165, 1.54) is 36.2 Å². The maximum Gasteiger partial charge on any atom is 0.417 e. The number of nitrogens with zero attached hydrogens (tertiary/aromatic N) is 1. The van der Waals surface area contributed by atoms with Crippen molar-refractivity contribution < 1.29 is 19.1 Å². The second-order valence-corrected chi connectivity index (χ2v) is 11.4. The van der Waals surface area contributed by atoms with Crippen LogP contribution >= 0.6 is 0 Å². The van der Waals surface area contributed by atoms with Gasteiger partial charge in [-0.3, -0.25) is 9.59 Å². The van der Waals surface area contributed by atoms with Gasteiger partial charge in [-0.2, -0.15) is 0 Å². The number of carbonyl (C=O) groups is 3. The lowest BCUT2D eigenvalue weighted by atomic mass is 9.97. The molecule has 4 fully saturated rings. The van der Waals surface area contributed by atoms with Gasteiger partial charge in [-0.05, 0) is 94.5 Å². The Morgan fingerprint density at radius 1 is 0.935 bits per heavy atom. The molecule has 31 heavy (non-hydrogen) atoms. The smallest absolute Gasteiger partial charge is 0.417 e.